The zero-order chi connectivity index (χ0) is 11.3. The standard InChI is InChI=1S/C10H14BrN3S/c1-7(6-14-10(12)13)15-9-4-2-8(11)3-5-9/h2-5,7H,6H2,1H3,(H4,12,13,14)/t7-/m1/s1. The van der Waals surface area contributed by atoms with Crippen molar-refractivity contribution in [1.29, 1.82) is 0 Å². The monoisotopic (exact) mass is 287 g/mol. The molecule has 0 saturated heterocycles. The van der Waals surface area contributed by atoms with Gasteiger partial charge in [-0.15, -0.1) is 11.8 Å². The van der Waals surface area contributed by atoms with Crippen LogP contribution in [0.4, 0.5) is 0 Å². The van der Waals surface area contributed by atoms with E-state index >= 15 is 0 Å². The molecule has 5 heteroatoms. The lowest BCUT2D eigenvalue weighted by Crippen LogP contribution is -2.24. The summed E-state index contributed by atoms with van der Waals surface area (Å²) in [5.41, 5.74) is 10.5. The van der Waals surface area contributed by atoms with E-state index in [1.165, 1.54) is 4.90 Å². The van der Waals surface area contributed by atoms with Crippen molar-refractivity contribution in [3.05, 3.63) is 28.7 Å². The van der Waals surface area contributed by atoms with E-state index < -0.39 is 0 Å². The fourth-order valence-corrected chi connectivity index (χ4v) is 2.19. The van der Waals surface area contributed by atoms with Gasteiger partial charge in [0.2, 0.25) is 0 Å². The average Bonchev–Trinajstić information content (AvgIpc) is 2.19. The lowest BCUT2D eigenvalue weighted by atomic mass is 10.4. The molecule has 0 radical (unpaired) electrons. The van der Waals surface area contributed by atoms with Gasteiger partial charge in [0.1, 0.15) is 0 Å². The van der Waals surface area contributed by atoms with Gasteiger partial charge >= 0.3 is 0 Å². The van der Waals surface area contributed by atoms with Crippen molar-refractivity contribution in [2.45, 2.75) is 17.1 Å². The van der Waals surface area contributed by atoms with E-state index in [2.05, 4.69) is 40.0 Å². The van der Waals surface area contributed by atoms with Crippen LogP contribution < -0.4 is 11.5 Å². The summed E-state index contributed by atoms with van der Waals surface area (Å²) >= 11 is 5.15. The molecule has 0 aliphatic carbocycles. The second kappa shape index (κ2) is 6.02. The van der Waals surface area contributed by atoms with E-state index in [1.807, 2.05) is 12.1 Å². The average molecular weight is 288 g/mol. The van der Waals surface area contributed by atoms with Gasteiger partial charge < -0.3 is 11.5 Å². The molecule has 3 nitrogen and oxygen atoms in total. The minimum Gasteiger partial charge on any atom is -0.370 e. The highest BCUT2D eigenvalue weighted by molar-refractivity contribution is 9.10. The van der Waals surface area contributed by atoms with Crippen LogP contribution in [0, 0.1) is 0 Å². The number of aliphatic imine (C=N–C) groups is 1. The molecule has 1 aromatic rings. The van der Waals surface area contributed by atoms with E-state index in [-0.39, 0.29) is 5.96 Å². The Kier molecular flexibility index (Phi) is 4.98. The zero-order valence-electron chi connectivity index (χ0n) is 8.48. The number of hydrogen-bond acceptors (Lipinski definition) is 2. The van der Waals surface area contributed by atoms with Gasteiger partial charge in [-0.25, -0.2) is 0 Å². The van der Waals surface area contributed by atoms with Gasteiger partial charge in [-0.1, -0.05) is 22.9 Å². The van der Waals surface area contributed by atoms with Crippen LogP contribution in [0.15, 0.2) is 38.6 Å². The van der Waals surface area contributed by atoms with Gasteiger partial charge in [0.15, 0.2) is 5.96 Å². The van der Waals surface area contributed by atoms with Crippen LogP contribution in [0.2, 0.25) is 0 Å². The molecule has 0 fully saturated rings. The van der Waals surface area contributed by atoms with Crippen LogP contribution in [0.25, 0.3) is 0 Å². The summed E-state index contributed by atoms with van der Waals surface area (Å²) in [4.78, 5) is 5.20. The molecule has 0 saturated carbocycles. The molecular weight excluding hydrogens is 274 g/mol. The highest BCUT2D eigenvalue weighted by atomic mass is 79.9. The number of halogens is 1. The maximum absolute atomic E-state index is 5.27. The van der Waals surface area contributed by atoms with Crippen molar-refractivity contribution in [1.82, 2.24) is 0 Å². The maximum Gasteiger partial charge on any atom is 0.185 e. The molecule has 0 aliphatic rings. The zero-order valence-corrected chi connectivity index (χ0v) is 10.9. The lowest BCUT2D eigenvalue weighted by molar-refractivity contribution is 0.945. The topological polar surface area (TPSA) is 64.4 Å². The number of nitrogens with two attached hydrogens (primary N) is 2. The molecule has 0 aliphatic heterocycles. The summed E-state index contributed by atoms with van der Waals surface area (Å²) in [6.45, 7) is 2.74. The summed E-state index contributed by atoms with van der Waals surface area (Å²) in [5.74, 6) is 0.151. The largest absolute Gasteiger partial charge is 0.370 e. The summed E-state index contributed by atoms with van der Waals surface area (Å²) in [6, 6.07) is 8.19. The molecule has 1 aromatic carbocycles. The van der Waals surface area contributed by atoms with E-state index in [4.69, 9.17) is 11.5 Å². The van der Waals surface area contributed by atoms with E-state index in [0.717, 1.165) is 4.47 Å². The smallest absolute Gasteiger partial charge is 0.185 e. The van der Waals surface area contributed by atoms with Crippen molar-refractivity contribution < 1.29 is 0 Å². The second-order valence-corrected chi connectivity index (χ2v) is 5.58. The van der Waals surface area contributed by atoms with Crippen LogP contribution in [0.5, 0.6) is 0 Å². The van der Waals surface area contributed by atoms with Crippen LogP contribution in [-0.2, 0) is 0 Å². The fraction of sp³-hybridized carbons (Fsp3) is 0.300. The van der Waals surface area contributed by atoms with Crippen molar-refractivity contribution in [3.63, 3.8) is 0 Å². The minimum absolute atomic E-state index is 0.151. The van der Waals surface area contributed by atoms with Crippen LogP contribution in [0.1, 0.15) is 6.92 Å². The van der Waals surface area contributed by atoms with Gasteiger partial charge in [-0.3, -0.25) is 4.99 Å². The quantitative estimate of drug-likeness (QED) is 0.507. The van der Waals surface area contributed by atoms with Crippen LogP contribution >= 0.6 is 27.7 Å². The van der Waals surface area contributed by atoms with Gasteiger partial charge in [0.05, 0.1) is 6.54 Å². The van der Waals surface area contributed by atoms with Crippen LogP contribution in [-0.4, -0.2) is 17.8 Å². The Labute approximate surface area is 102 Å². The lowest BCUT2D eigenvalue weighted by Gasteiger charge is -2.08. The Morgan fingerprint density at radius 1 is 1.40 bits per heavy atom. The van der Waals surface area contributed by atoms with Crippen molar-refractivity contribution in [2.24, 2.45) is 16.5 Å². The Morgan fingerprint density at radius 3 is 2.53 bits per heavy atom. The number of hydrogen-bond donors (Lipinski definition) is 2. The van der Waals surface area contributed by atoms with E-state index in [1.54, 1.807) is 11.8 Å². The number of rotatable bonds is 4. The third kappa shape index (κ3) is 5.09. The molecule has 15 heavy (non-hydrogen) atoms. The second-order valence-electron chi connectivity index (χ2n) is 3.15. The molecule has 1 atom stereocenters. The number of thioether (sulfide) groups is 1. The SMILES string of the molecule is C[C@H](CN=C(N)N)Sc1ccc(Br)cc1. The molecule has 0 bridgehead atoms. The molecule has 0 heterocycles. The fourth-order valence-electron chi connectivity index (χ4n) is 1.02. The third-order valence-electron chi connectivity index (χ3n) is 1.68. The Morgan fingerprint density at radius 2 is 2.00 bits per heavy atom. The first-order chi connectivity index (χ1) is 7.08. The van der Waals surface area contributed by atoms with Crippen molar-refractivity contribution in [2.75, 3.05) is 6.54 Å². The Bertz CT molecular complexity index is 333. The van der Waals surface area contributed by atoms with Gasteiger partial charge in [0.25, 0.3) is 0 Å². The maximum atomic E-state index is 5.27. The first-order valence-corrected chi connectivity index (χ1v) is 6.23. The van der Waals surface area contributed by atoms with Crippen molar-refractivity contribution in [3.8, 4) is 0 Å². The summed E-state index contributed by atoms with van der Waals surface area (Å²) in [5, 5.41) is 0.369. The molecular formula is C10H14BrN3S. The molecule has 0 aromatic heterocycles. The first kappa shape index (κ1) is 12.4. The molecule has 82 valence electrons. The summed E-state index contributed by atoms with van der Waals surface area (Å²) in [6.07, 6.45) is 0. The molecule has 0 unspecified atom stereocenters. The van der Waals surface area contributed by atoms with Gasteiger partial charge in [0, 0.05) is 14.6 Å². The van der Waals surface area contributed by atoms with Gasteiger partial charge in [-0.2, -0.15) is 0 Å². The molecule has 0 amide bonds. The predicted octanol–water partition coefficient (Wildman–Crippen LogP) is 2.20. The Hall–Kier alpha value is -0.680. The predicted molar refractivity (Wildman–Crippen MR) is 70.1 cm³/mol. The summed E-state index contributed by atoms with van der Waals surface area (Å²) in [7, 11) is 0. The minimum atomic E-state index is 0.151. The normalized spacial score (nSPS) is 12.1. The molecule has 0 spiro atoms. The third-order valence-corrected chi connectivity index (χ3v) is 3.31. The highest BCUT2D eigenvalue weighted by Crippen LogP contribution is 2.24. The van der Waals surface area contributed by atoms with Crippen LogP contribution in [0.3, 0.4) is 0 Å². The van der Waals surface area contributed by atoms with Gasteiger partial charge in [-0.05, 0) is 24.3 Å². The molecule has 1 rings (SSSR count). The number of benzene rings is 1. The van der Waals surface area contributed by atoms with Crippen molar-refractivity contribution >= 4 is 33.7 Å². The Balaban J connectivity index is 2.47. The first-order valence-electron chi connectivity index (χ1n) is 4.55. The van der Waals surface area contributed by atoms with E-state index in [0.29, 0.717) is 11.8 Å². The highest BCUT2D eigenvalue weighted by Gasteiger charge is 2.03. The number of guanidine groups is 1. The molecule has 4 N–H and O–H groups in total. The van der Waals surface area contributed by atoms with E-state index in [9.17, 15) is 0 Å². The number of nitrogens with zero attached hydrogens (tertiary/aromatic N) is 1. The summed E-state index contributed by atoms with van der Waals surface area (Å²) < 4.78 is 1.09.